The molecule has 46 heteroatoms. The first-order valence-electron chi connectivity index (χ1n) is 40.8. The number of amides is 3. The van der Waals surface area contributed by atoms with E-state index < -0.39 is 5.97 Å². The number of nitrogens with one attached hydrogen (secondary N) is 3. The Bertz CT molecular complexity index is 4540. The van der Waals surface area contributed by atoms with Crippen molar-refractivity contribution in [3.05, 3.63) is 269 Å². The minimum Gasteiger partial charge on any atom is -0.457 e. The van der Waals surface area contributed by atoms with Gasteiger partial charge in [0.15, 0.2) is 5.11 Å². The number of esters is 3. The quantitative estimate of drug-likeness (QED) is 0.00529. The summed E-state index contributed by atoms with van der Waals surface area (Å²) in [6.45, 7) is 46.9. The zero-order chi connectivity index (χ0) is 101. The molecular weight excluding hydrogens is 3830 g/mol. The van der Waals surface area contributed by atoms with Crippen molar-refractivity contribution in [2.75, 3.05) is 62.5 Å². The van der Waals surface area contributed by atoms with E-state index in [1.54, 1.807) is 53.2 Å². The standard InChI is InChI=1S/C15H18BrO3.C15H19O3.C15H17O3.C14H15N2O2S.C14H14NO3S.C11H11O2.C10H9O2.C2H4O2.CH4N2S.7CH4.Na.H2O.7W.7Y.Zn.H2/c1-4-19-15(17)14(16)13-8-6-5-7-12(10-13)9-11(2)18-3;2*1-4-18-15(16)11-14-8-6-5-7-13(10-14)9-12(2)17-3;1-9(18-2)7-10-5-3-4-6-11(8-10)12-13(17)16-14(15)19-12;1-9(18-2)7-10-5-3-4-6-11(8-10)12-13(16)15-14(17)19-12;1-9(13-2)7-10-5-3-4-6-11(12)8-10;1-8(11)6-9-4-2-3-5-10(12)7-9;1-2(3)4;2-1(3)4;;;;;;;;;;;;;;;;;;;;;;;;;/h2,5,8-9,13-14H,4,6-7H2,1,3H3;2,5,8-9,14H,4,6-7,11H2,1,3H3;2,5,8-9,11H,4,6-7H2,1,3H3;1,3,6-7,11-12H,4-5H2,2H3,(H2,15,16,17);1,3,6-7,11-12H,4-5H2,2H3,(H,15,16,17);1,3,6-7H,4-5H2,2H3;1-2,5-6,11H,3-4H2;1H3,(H,3,4);(H4,2,3,4);7*1H4;;1H2;;;;;;;;;;;;;;;;1H/q7*-3;;;;;;;;;;+1;;;;;;;;;;;;;;;;;/b;;13-9?,14-11+;;;;;;;;;;;;;;;;;;;;;;;;;;;;;;;. The molecule has 2 heterocycles. The van der Waals surface area contributed by atoms with E-state index in [-0.39, 0.29) is 438 Å². The molecule has 7 radical (unpaired) electrons. The average Bonchev–Trinajstić information content (AvgIpc) is 1.68. The van der Waals surface area contributed by atoms with Crippen molar-refractivity contribution < 1.29 is 516 Å². The number of aliphatic carboxylic acids is 1. The molecule has 0 bridgehead atoms. The first kappa shape index (κ1) is 192. The molecular formula is C104H143BrN5NaO21S3W7Y7Zn-20. The fraction of sp³-hybridized carbons (Fsp3) is 0.404. The number of ether oxygens (including phenoxy) is 9. The van der Waals surface area contributed by atoms with Crippen LogP contribution in [0.15, 0.2) is 134 Å². The van der Waals surface area contributed by atoms with Gasteiger partial charge in [-0.05, 0) is 19.1 Å². The smallest absolute Gasteiger partial charge is 0.457 e. The van der Waals surface area contributed by atoms with Gasteiger partial charge in [0.1, 0.15) is 0 Å². The van der Waals surface area contributed by atoms with Crippen molar-refractivity contribution in [3.63, 3.8) is 0 Å². The van der Waals surface area contributed by atoms with Gasteiger partial charge in [0, 0.05) is 256 Å². The van der Waals surface area contributed by atoms with Crippen molar-refractivity contribution >= 4 is 142 Å². The van der Waals surface area contributed by atoms with E-state index in [4.69, 9.17) is 109 Å². The number of imide groups is 1. The third-order valence-corrected chi connectivity index (χ3v) is 34.2. The number of thiocarbonyl (C=S) groups is 1. The van der Waals surface area contributed by atoms with Crippen LogP contribution in [0.25, 0.3) is 0 Å². The van der Waals surface area contributed by atoms with Gasteiger partial charge in [-0.1, -0.05) is 52.0 Å². The number of hydrogen-bond donors (Lipinski definition) is 6. The van der Waals surface area contributed by atoms with Crippen LogP contribution in [0.5, 0.6) is 0 Å². The summed E-state index contributed by atoms with van der Waals surface area (Å²) in [5.41, 5.74) is 17.5. The average molecular weight is 3970 g/mol. The topological polar surface area (TPSA) is 413 Å². The van der Waals surface area contributed by atoms with E-state index in [0.717, 1.165) is 175 Å². The second-order valence-corrected chi connectivity index (χ2v) is 42.3. The molecule has 0 aromatic rings. The van der Waals surface area contributed by atoms with Crippen LogP contribution >= 0.6 is 51.7 Å². The fourth-order valence-corrected chi connectivity index (χ4v) is 23.6. The number of hydrogen-bond acceptors (Lipinski definition) is 24. The first-order chi connectivity index (χ1) is 62.9. The van der Waals surface area contributed by atoms with Gasteiger partial charge in [0.2, 0.25) is 0 Å². The number of carboxylic acids is 1. The molecule has 9 fully saturated rings. The van der Waals surface area contributed by atoms with Gasteiger partial charge in [-0.15, -0.1) is 0 Å². The molecule has 11 N–H and O–H groups in total. The molecule has 9 rings (SSSR count). The maximum atomic E-state index is 11.9. The number of carbonyl (C=O) groups excluding carboxylic acids is 9. The number of nitrogens with two attached hydrogens (primary N) is 2. The SMILES string of the molecule is C.C.C.C.C.C.C.CC(=O)[O-].NC(N)=S.[CH-]=C(C=C1C[CH-]C[CH-]/C(=C\C(=O)OCC)[C]1=[W])OC.[CH-]=C(C=C1C[CH-]C[CH-]C(=O)[C]1=[W])OC.[CH-]=C(C=C1C[CH-]C[CH-]C(C(Br)C(=O)OCC)[C]1=[W])OC.[CH-]=C(C=C1C[CH-]C[CH-]C(C2SC(=N)NC2=O)[C]1=[W])OC.[CH-]=C(C=C1C[CH-]C[CH-]C(C2SC(=O)NC2=O)[C]1=[W])OC.[CH-]=C(C=C1C[CH-]C[CH-]C(CC(=O)OCC)[C]1=[W])OC.[CH-]=C(O)C=C1C[CH-]C[CH-]C(=O)[C]1=[W].[HH].[Na+].[OH3+].[Y].[Y].[Y].[Y].[Y].[Y].[Y].[Zn]. The fourth-order valence-electron chi connectivity index (χ4n) is 11.9. The summed E-state index contributed by atoms with van der Waals surface area (Å²) in [5.74, 6) is 0.312. The summed E-state index contributed by atoms with van der Waals surface area (Å²) in [6, 6.07) is 0. The van der Waals surface area contributed by atoms with E-state index in [2.05, 4.69) is 114 Å². The number of aliphatic hydroxyl groups is 1. The minimum absolute atomic E-state index is 0. The number of Topliss-reactive ketones (excluding diaryl/α,β-unsaturated/α-hetero) is 2. The summed E-state index contributed by atoms with van der Waals surface area (Å²) in [6.07, 6.45) is 54.4. The monoisotopic (exact) mass is 3970 g/mol. The van der Waals surface area contributed by atoms with Gasteiger partial charge in [0.05, 0.1) is 0 Å². The Morgan fingerprint density at radius 2 is 0.773 bits per heavy atom. The number of amidine groups is 1. The van der Waals surface area contributed by atoms with Gasteiger partial charge in [-0.3, -0.25) is 0 Å². The molecule has 7 unspecified atom stereocenters. The molecule has 3 amide bonds. The van der Waals surface area contributed by atoms with E-state index >= 15 is 0 Å². The zero-order valence-electron chi connectivity index (χ0n) is 81.7. The van der Waals surface area contributed by atoms with Crippen molar-refractivity contribution in [1.29, 1.82) is 5.41 Å². The van der Waals surface area contributed by atoms with Crippen LogP contribution in [0.1, 0.15) is 177 Å². The maximum Gasteiger partial charge on any atom is 1.00 e. The number of carbonyl (C=O) groups is 9. The predicted octanol–water partition coefficient (Wildman–Crippen LogP) is 12.1. The van der Waals surface area contributed by atoms with Crippen LogP contribution in [0.4, 0.5) is 4.79 Å². The van der Waals surface area contributed by atoms with Crippen LogP contribution in [-0.2, 0) is 470 Å². The molecule has 7 atom stereocenters. The second-order valence-electron chi connectivity index (χ2n) is 27.8. The molecule has 7 aliphatic carbocycles. The number of halogens is 1. The normalized spacial score (nSPS) is 20.2. The van der Waals surface area contributed by atoms with Crippen molar-refractivity contribution in [2.24, 2.45) is 35.1 Å². The summed E-state index contributed by atoms with van der Waals surface area (Å²) < 4.78 is 52.3. The molecule has 26 nitrogen and oxygen atoms in total. The van der Waals surface area contributed by atoms with Crippen molar-refractivity contribution in [2.45, 2.75) is 191 Å². The van der Waals surface area contributed by atoms with Crippen LogP contribution in [-0.4, -0.2) is 173 Å². The molecule has 9 aliphatic rings. The minimum atomic E-state index is -1.08. The zero-order valence-corrected chi connectivity index (χ0v) is 131. The Morgan fingerprint density at radius 1 is 0.480 bits per heavy atom. The number of carboxylic acid groups (broad SMARTS) is 1. The van der Waals surface area contributed by atoms with Gasteiger partial charge >= 0.3 is 874 Å². The first-order valence-corrected chi connectivity index (χ1v) is 54.1. The summed E-state index contributed by atoms with van der Waals surface area (Å²) in [5, 5.41) is 29.6. The van der Waals surface area contributed by atoms with Crippen LogP contribution in [0.2, 0.25) is 0 Å². The third kappa shape index (κ3) is 81.6. The molecule has 150 heavy (non-hydrogen) atoms. The van der Waals surface area contributed by atoms with Gasteiger partial charge in [-0.25, -0.2) is 0 Å². The Hall–Kier alpha value is 3.90. The molecule has 0 aromatic carbocycles. The van der Waals surface area contributed by atoms with Crippen LogP contribution in [0.3, 0.4) is 0 Å². The second kappa shape index (κ2) is 113. The number of aliphatic hydroxyl groups excluding tert-OH is 1. The van der Waals surface area contributed by atoms with E-state index in [0.29, 0.717) is 73.6 Å². The van der Waals surface area contributed by atoms with Crippen LogP contribution < -0.4 is 56.8 Å². The Kier molecular flexibility index (Phi) is 144. The molecule has 0 aromatic heterocycles. The predicted molar refractivity (Wildman–Crippen MR) is 553 cm³/mol. The maximum absolute atomic E-state index is 11.9. The largest absolute Gasteiger partial charge is 1.00 e. The van der Waals surface area contributed by atoms with E-state index in [1.165, 1.54) is 167 Å². The summed E-state index contributed by atoms with van der Waals surface area (Å²) >= 11 is 18.8. The van der Waals surface area contributed by atoms with E-state index in [1.807, 2.05) is 57.1 Å². The number of rotatable bonds is 23. The number of allylic oxidation sites excluding steroid dienone is 15. The number of alkyl halides is 1. The van der Waals surface area contributed by atoms with Gasteiger partial charge in [-0.2, -0.15) is 0 Å². The summed E-state index contributed by atoms with van der Waals surface area (Å²) in [4.78, 5) is 102. The summed E-state index contributed by atoms with van der Waals surface area (Å²) in [7, 11) is 9.22. The molecule has 821 valence electrons. The number of methoxy groups -OCH3 is 6. The Morgan fingerprint density at radius 3 is 1.10 bits per heavy atom. The van der Waals surface area contributed by atoms with E-state index in [9.17, 15) is 38.4 Å². The molecule has 2 aliphatic heterocycles. The van der Waals surface area contributed by atoms with Crippen molar-refractivity contribution in [1.82, 2.24) is 10.6 Å². The number of thioether (sulfide) groups is 2. The molecule has 2 saturated heterocycles. The van der Waals surface area contributed by atoms with Crippen LogP contribution in [0, 0.1) is 165 Å². The molecule has 0 spiro atoms. The Labute approximate surface area is 1210 Å². The van der Waals surface area contributed by atoms with Crippen molar-refractivity contribution in [3.8, 4) is 0 Å². The third-order valence-electron chi connectivity index (χ3n) is 18.2. The van der Waals surface area contributed by atoms with Gasteiger partial charge in [0.25, 0.3) is 0 Å². The van der Waals surface area contributed by atoms with Gasteiger partial charge < -0.3 is 26.8 Å². The number of ketones is 2. The molecule has 7 saturated carbocycles. The Balaban J connectivity index is -0.0000000830.